The second-order valence-corrected chi connectivity index (χ2v) is 2.16. The number of hydrogen-bond donors (Lipinski definition) is 3. The number of carboxylic acid groups (broad SMARTS) is 1. The molecular weight excluding hydrogens is 166 g/mol. The molecule has 12 heavy (non-hydrogen) atoms. The molecule has 0 fully saturated rings. The molecule has 0 aromatic heterocycles. The van der Waals surface area contributed by atoms with E-state index in [1.165, 1.54) is 0 Å². The highest BCUT2D eigenvalue weighted by molar-refractivity contribution is 5.95. The van der Waals surface area contributed by atoms with Crippen LogP contribution in [0.2, 0.25) is 0 Å². The van der Waals surface area contributed by atoms with Gasteiger partial charge in [-0.05, 0) is 0 Å². The summed E-state index contributed by atoms with van der Waals surface area (Å²) in [7, 11) is 0. The lowest BCUT2D eigenvalue weighted by atomic mass is 10.2. The van der Waals surface area contributed by atoms with Crippen LogP contribution in [0.4, 0.5) is 0 Å². The summed E-state index contributed by atoms with van der Waals surface area (Å²) in [6.45, 7) is 1.12. The van der Waals surface area contributed by atoms with E-state index in [-0.39, 0.29) is 0 Å². The third-order valence-corrected chi connectivity index (χ3v) is 0.979. The van der Waals surface area contributed by atoms with Crippen molar-refractivity contribution in [1.82, 2.24) is 5.32 Å². The highest BCUT2D eigenvalue weighted by atomic mass is 16.4. The first kappa shape index (κ1) is 10.6. The molecule has 6 nitrogen and oxygen atoms in total. The molecule has 0 aliphatic rings. The lowest BCUT2D eigenvalue weighted by molar-refractivity contribution is -0.149. The molecule has 2 amide bonds. The SMILES string of the molecule is CC(=O)NC(=O)CC(O)C(=O)O. The van der Waals surface area contributed by atoms with Crippen molar-refractivity contribution in [2.24, 2.45) is 0 Å². The Morgan fingerprint density at radius 3 is 2.25 bits per heavy atom. The largest absolute Gasteiger partial charge is 0.479 e. The van der Waals surface area contributed by atoms with Crippen LogP contribution in [0, 0.1) is 0 Å². The number of aliphatic hydroxyl groups excluding tert-OH is 1. The summed E-state index contributed by atoms with van der Waals surface area (Å²) in [6.07, 6.45) is -2.38. The van der Waals surface area contributed by atoms with Crippen LogP contribution >= 0.6 is 0 Å². The van der Waals surface area contributed by atoms with Crippen molar-refractivity contribution >= 4 is 17.8 Å². The van der Waals surface area contributed by atoms with E-state index >= 15 is 0 Å². The monoisotopic (exact) mass is 175 g/mol. The first-order chi connectivity index (χ1) is 5.43. The van der Waals surface area contributed by atoms with E-state index < -0.39 is 30.3 Å². The van der Waals surface area contributed by atoms with Crippen molar-refractivity contribution in [3.05, 3.63) is 0 Å². The molecule has 0 rings (SSSR count). The third-order valence-electron chi connectivity index (χ3n) is 0.979. The van der Waals surface area contributed by atoms with Crippen molar-refractivity contribution in [2.75, 3.05) is 0 Å². The lowest BCUT2D eigenvalue weighted by Crippen LogP contribution is -2.33. The Hall–Kier alpha value is -1.43. The quantitative estimate of drug-likeness (QED) is 0.483. The smallest absolute Gasteiger partial charge is 0.333 e. The minimum atomic E-state index is -1.76. The fourth-order valence-corrected chi connectivity index (χ4v) is 0.510. The second-order valence-electron chi connectivity index (χ2n) is 2.16. The molecule has 0 heterocycles. The average Bonchev–Trinajstić information content (AvgIpc) is 1.84. The summed E-state index contributed by atoms with van der Waals surface area (Å²) in [5.74, 6) is -2.89. The fraction of sp³-hybridized carbons (Fsp3) is 0.500. The van der Waals surface area contributed by atoms with Crippen LogP contribution in [0.3, 0.4) is 0 Å². The van der Waals surface area contributed by atoms with Crippen LogP contribution in [-0.2, 0) is 14.4 Å². The van der Waals surface area contributed by atoms with Crippen molar-refractivity contribution in [1.29, 1.82) is 0 Å². The molecule has 1 atom stereocenters. The lowest BCUT2D eigenvalue weighted by Gasteiger charge is -2.03. The zero-order valence-electron chi connectivity index (χ0n) is 6.40. The van der Waals surface area contributed by atoms with Gasteiger partial charge in [0.2, 0.25) is 11.8 Å². The number of imide groups is 1. The maximum atomic E-state index is 10.6. The van der Waals surface area contributed by atoms with E-state index in [1.54, 1.807) is 0 Å². The minimum Gasteiger partial charge on any atom is -0.479 e. The zero-order valence-corrected chi connectivity index (χ0v) is 6.40. The fourth-order valence-electron chi connectivity index (χ4n) is 0.510. The number of carboxylic acids is 1. The normalized spacial score (nSPS) is 11.8. The zero-order chi connectivity index (χ0) is 9.72. The Bertz CT molecular complexity index is 212. The first-order valence-electron chi connectivity index (χ1n) is 3.14. The number of carbonyl (C=O) groups is 3. The van der Waals surface area contributed by atoms with Gasteiger partial charge in [0.1, 0.15) is 0 Å². The predicted octanol–water partition coefficient (Wildman–Crippen LogP) is -1.52. The van der Waals surface area contributed by atoms with Crippen LogP contribution in [0.5, 0.6) is 0 Å². The summed E-state index contributed by atoms with van der Waals surface area (Å²) in [5, 5.41) is 18.6. The summed E-state index contributed by atoms with van der Waals surface area (Å²) in [6, 6.07) is 0. The van der Waals surface area contributed by atoms with Gasteiger partial charge in [0.25, 0.3) is 0 Å². The van der Waals surface area contributed by atoms with E-state index in [0.717, 1.165) is 6.92 Å². The van der Waals surface area contributed by atoms with Gasteiger partial charge in [-0.25, -0.2) is 4.79 Å². The molecule has 0 radical (unpaired) electrons. The molecule has 0 aliphatic heterocycles. The van der Waals surface area contributed by atoms with Gasteiger partial charge in [-0.1, -0.05) is 0 Å². The number of amides is 2. The van der Waals surface area contributed by atoms with Gasteiger partial charge >= 0.3 is 5.97 Å². The maximum absolute atomic E-state index is 10.6. The van der Waals surface area contributed by atoms with Crippen LogP contribution in [0.1, 0.15) is 13.3 Å². The molecule has 0 saturated carbocycles. The number of aliphatic hydroxyl groups is 1. The number of aliphatic carboxylic acids is 1. The molecule has 0 bridgehead atoms. The van der Waals surface area contributed by atoms with E-state index in [0.29, 0.717) is 0 Å². The van der Waals surface area contributed by atoms with E-state index in [1.807, 2.05) is 5.32 Å². The van der Waals surface area contributed by atoms with E-state index in [4.69, 9.17) is 10.2 Å². The number of nitrogens with one attached hydrogen (secondary N) is 1. The standard InChI is InChI=1S/C6H9NO5/c1-3(8)7-5(10)2-4(9)6(11)12/h4,9H,2H2,1H3,(H,11,12)(H,7,8,10). The van der Waals surface area contributed by atoms with Crippen LogP contribution in [-0.4, -0.2) is 34.1 Å². The van der Waals surface area contributed by atoms with Crippen LogP contribution in [0.25, 0.3) is 0 Å². The van der Waals surface area contributed by atoms with Gasteiger partial charge in [-0.2, -0.15) is 0 Å². The summed E-state index contributed by atoms with van der Waals surface area (Å²) in [5.41, 5.74) is 0. The number of hydrogen-bond acceptors (Lipinski definition) is 4. The highest BCUT2D eigenvalue weighted by Gasteiger charge is 2.17. The third kappa shape index (κ3) is 4.40. The maximum Gasteiger partial charge on any atom is 0.333 e. The van der Waals surface area contributed by atoms with E-state index in [2.05, 4.69) is 0 Å². The van der Waals surface area contributed by atoms with Crippen LogP contribution in [0.15, 0.2) is 0 Å². The summed E-state index contributed by atoms with van der Waals surface area (Å²) in [4.78, 5) is 30.9. The van der Waals surface area contributed by atoms with Gasteiger partial charge in [-0.3, -0.25) is 14.9 Å². The van der Waals surface area contributed by atoms with Gasteiger partial charge in [0, 0.05) is 6.92 Å². The Morgan fingerprint density at radius 2 is 1.92 bits per heavy atom. The molecule has 0 aromatic rings. The predicted molar refractivity (Wildman–Crippen MR) is 37.1 cm³/mol. The molecule has 3 N–H and O–H groups in total. The van der Waals surface area contributed by atoms with Crippen molar-refractivity contribution < 1.29 is 24.6 Å². The molecule has 0 spiro atoms. The van der Waals surface area contributed by atoms with Crippen LogP contribution < -0.4 is 5.32 Å². The number of rotatable bonds is 3. The molecular formula is C6H9NO5. The molecule has 0 saturated heterocycles. The van der Waals surface area contributed by atoms with Crippen molar-refractivity contribution in [3.8, 4) is 0 Å². The Morgan fingerprint density at radius 1 is 1.42 bits per heavy atom. The average molecular weight is 175 g/mol. The first-order valence-corrected chi connectivity index (χ1v) is 3.14. The van der Waals surface area contributed by atoms with Crippen molar-refractivity contribution in [2.45, 2.75) is 19.4 Å². The molecule has 68 valence electrons. The van der Waals surface area contributed by atoms with Gasteiger partial charge in [0.05, 0.1) is 6.42 Å². The Balaban J connectivity index is 3.85. The molecule has 1 unspecified atom stereocenters. The second kappa shape index (κ2) is 4.45. The minimum absolute atomic E-state index is 0.586. The Kier molecular flexibility index (Phi) is 3.92. The van der Waals surface area contributed by atoms with Crippen molar-refractivity contribution in [3.63, 3.8) is 0 Å². The van der Waals surface area contributed by atoms with E-state index in [9.17, 15) is 14.4 Å². The van der Waals surface area contributed by atoms with Gasteiger partial charge in [-0.15, -0.1) is 0 Å². The molecule has 0 aromatic carbocycles. The molecule has 0 aliphatic carbocycles. The molecule has 6 heteroatoms. The topological polar surface area (TPSA) is 104 Å². The Labute approximate surface area is 68.2 Å². The summed E-state index contributed by atoms with van der Waals surface area (Å²) < 4.78 is 0. The van der Waals surface area contributed by atoms with Gasteiger partial charge in [0.15, 0.2) is 6.10 Å². The highest BCUT2D eigenvalue weighted by Crippen LogP contribution is 1.90. The summed E-state index contributed by atoms with van der Waals surface area (Å²) >= 11 is 0. The van der Waals surface area contributed by atoms with Gasteiger partial charge < -0.3 is 10.2 Å². The number of carbonyl (C=O) groups excluding carboxylic acids is 2.